The summed E-state index contributed by atoms with van der Waals surface area (Å²) in [5.74, 6) is 0.0882. The first kappa shape index (κ1) is 18.4. The second-order valence-electron chi connectivity index (χ2n) is 4.83. The summed E-state index contributed by atoms with van der Waals surface area (Å²) in [5.41, 5.74) is 12.0. The fraction of sp³-hybridized carbons (Fsp3) is 0.125. The lowest BCUT2D eigenvalue weighted by Gasteiger charge is -2.13. The number of hydrogen-bond donors (Lipinski definition) is 3. The first-order valence-electron chi connectivity index (χ1n) is 6.99. The molecule has 0 aliphatic carbocycles. The molecule has 8 heteroatoms. The molecule has 2 rings (SSSR count). The van der Waals surface area contributed by atoms with E-state index < -0.39 is 5.50 Å². The first-order valence-corrected chi connectivity index (χ1v) is 8.18. The molecule has 2 aromatic rings. The Balaban J connectivity index is 2.17. The van der Waals surface area contributed by atoms with Crippen molar-refractivity contribution in [3.8, 4) is 0 Å². The molecule has 0 heterocycles. The van der Waals surface area contributed by atoms with Gasteiger partial charge in [-0.05, 0) is 23.3 Å². The maximum absolute atomic E-state index is 6.33. The molecule has 2 aromatic carbocycles. The molecule has 0 spiro atoms. The van der Waals surface area contributed by atoms with E-state index in [-0.39, 0.29) is 18.5 Å². The number of nitrogens with two attached hydrogens (primary N) is 2. The van der Waals surface area contributed by atoms with E-state index in [0.717, 1.165) is 11.1 Å². The number of guanidine groups is 2. The average Bonchev–Trinajstić information content (AvgIpc) is 2.54. The predicted octanol–water partition coefficient (Wildman–Crippen LogP) is 3.65. The van der Waals surface area contributed by atoms with Gasteiger partial charge in [-0.1, -0.05) is 71.2 Å². The zero-order valence-electron chi connectivity index (χ0n) is 12.6. The molecule has 1 atom stereocenters. The van der Waals surface area contributed by atoms with Crippen LogP contribution in [-0.2, 0) is 6.54 Å². The Morgan fingerprint density at radius 2 is 1.79 bits per heavy atom. The zero-order valence-corrected chi connectivity index (χ0v) is 14.9. The molecule has 0 amide bonds. The molecule has 0 aromatic heterocycles. The molecule has 24 heavy (non-hydrogen) atoms. The minimum Gasteiger partial charge on any atom is -0.370 e. The van der Waals surface area contributed by atoms with Gasteiger partial charge in [-0.3, -0.25) is 0 Å². The van der Waals surface area contributed by atoms with Crippen LogP contribution in [-0.4, -0.2) is 11.9 Å². The lowest BCUT2D eigenvalue weighted by Crippen LogP contribution is -2.30. The normalized spacial score (nSPS) is 12.5. The third kappa shape index (κ3) is 5.60. The van der Waals surface area contributed by atoms with Gasteiger partial charge >= 0.3 is 0 Å². The largest absolute Gasteiger partial charge is 0.370 e. The fourth-order valence-electron chi connectivity index (χ4n) is 1.86. The molecule has 0 radical (unpaired) electrons. The summed E-state index contributed by atoms with van der Waals surface area (Å²) < 4.78 is 0. The molecule has 5 N–H and O–H groups in total. The third-order valence-electron chi connectivity index (χ3n) is 3.00. The summed E-state index contributed by atoms with van der Waals surface area (Å²) in [7, 11) is 0. The van der Waals surface area contributed by atoms with Gasteiger partial charge in [0.05, 0.1) is 6.54 Å². The van der Waals surface area contributed by atoms with Crippen LogP contribution in [0, 0.1) is 0 Å². The molecule has 0 saturated heterocycles. The Kier molecular flexibility index (Phi) is 6.73. The van der Waals surface area contributed by atoms with Crippen molar-refractivity contribution in [1.82, 2.24) is 5.32 Å². The van der Waals surface area contributed by atoms with E-state index >= 15 is 0 Å². The monoisotopic (exact) mass is 383 g/mol. The van der Waals surface area contributed by atoms with E-state index in [2.05, 4.69) is 15.3 Å². The summed E-state index contributed by atoms with van der Waals surface area (Å²) >= 11 is 18.3. The van der Waals surface area contributed by atoms with Gasteiger partial charge in [0.1, 0.15) is 5.50 Å². The molecule has 5 nitrogen and oxygen atoms in total. The van der Waals surface area contributed by atoms with Gasteiger partial charge in [-0.25, -0.2) is 4.99 Å². The van der Waals surface area contributed by atoms with Crippen molar-refractivity contribution in [2.45, 2.75) is 12.0 Å². The van der Waals surface area contributed by atoms with Gasteiger partial charge in [-0.15, -0.1) is 0 Å². The Morgan fingerprint density at radius 1 is 1.08 bits per heavy atom. The standard InChI is InChI=1S/C16H16Cl3N5/c17-12-7-6-11(13(18)8-12)9-22-16(24-15(20)21)23-14(19)10-4-2-1-3-5-10/h1-8,14H,9H2,(H5,20,21,22,23,24). The summed E-state index contributed by atoms with van der Waals surface area (Å²) in [6, 6.07) is 14.6. The van der Waals surface area contributed by atoms with Crippen LogP contribution in [0.1, 0.15) is 16.6 Å². The molecule has 0 saturated carbocycles. The highest BCUT2D eigenvalue weighted by atomic mass is 35.5. The van der Waals surface area contributed by atoms with Crippen LogP contribution < -0.4 is 16.8 Å². The maximum atomic E-state index is 6.33. The van der Waals surface area contributed by atoms with Gasteiger partial charge in [-0.2, -0.15) is 4.99 Å². The van der Waals surface area contributed by atoms with Crippen molar-refractivity contribution >= 4 is 46.7 Å². The second-order valence-corrected chi connectivity index (χ2v) is 6.11. The van der Waals surface area contributed by atoms with E-state index in [1.165, 1.54) is 0 Å². The van der Waals surface area contributed by atoms with Crippen molar-refractivity contribution in [1.29, 1.82) is 0 Å². The Morgan fingerprint density at radius 3 is 2.42 bits per heavy atom. The highest BCUT2D eigenvalue weighted by Crippen LogP contribution is 2.22. The predicted molar refractivity (Wildman–Crippen MR) is 102 cm³/mol. The van der Waals surface area contributed by atoms with Crippen LogP contribution in [0.2, 0.25) is 10.0 Å². The summed E-state index contributed by atoms with van der Waals surface area (Å²) in [5, 5.41) is 4.03. The molecular weight excluding hydrogens is 369 g/mol. The van der Waals surface area contributed by atoms with Crippen LogP contribution in [0.4, 0.5) is 0 Å². The quantitative estimate of drug-likeness (QED) is 0.325. The summed E-state index contributed by atoms with van der Waals surface area (Å²) in [6.07, 6.45) is 0. The molecule has 0 aliphatic rings. The lowest BCUT2D eigenvalue weighted by atomic mass is 10.2. The summed E-state index contributed by atoms with van der Waals surface area (Å²) in [4.78, 5) is 8.30. The number of rotatable bonds is 4. The highest BCUT2D eigenvalue weighted by Gasteiger charge is 2.10. The van der Waals surface area contributed by atoms with Crippen molar-refractivity contribution in [2.75, 3.05) is 0 Å². The molecule has 0 aliphatic heterocycles. The van der Waals surface area contributed by atoms with Crippen LogP contribution in [0.3, 0.4) is 0 Å². The van der Waals surface area contributed by atoms with Gasteiger partial charge in [0.25, 0.3) is 0 Å². The lowest BCUT2D eigenvalue weighted by molar-refractivity contribution is 0.850. The number of benzene rings is 2. The Labute approximate surface area is 155 Å². The number of hydrogen-bond acceptors (Lipinski definition) is 1. The summed E-state index contributed by atoms with van der Waals surface area (Å²) in [6.45, 7) is 0.271. The molecule has 0 fully saturated rings. The number of halogens is 3. The van der Waals surface area contributed by atoms with Crippen molar-refractivity contribution in [2.24, 2.45) is 21.5 Å². The van der Waals surface area contributed by atoms with E-state index in [9.17, 15) is 0 Å². The van der Waals surface area contributed by atoms with Gasteiger partial charge < -0.3 is 16.8 Å². The third-order valence-corrected chi connectivity index (χ3v) is 3.95. The molecular formula is C16H16Cl3N5. The number of nitrogens with zero attached hydrogens (tertiary/aromatic N) is 2. The van der Waals surface area contributed by atoms with Crippen LogP contribution in [0.25, 0.3) is 0 Å². The maximum Gasteiger partial charge on any atom is 0.222 e. The van der Waals surface area contributed by atoms with Crippen molar-refractivity contribution < 1.29 is 0 Å². The number of aliphatic imine (C=N–C) groups is 2. The SMILES string of the molecule is NC(N)=NC(=NCc1ccc(Cl)cc1Cl)NC(Cl)c1ccccc1. The van der Waals surface area contributed by atoms with Gasteiger partial charge in [0.2, 0.25) is 5.96 Å². The van der Waals surface area contributed by atoms with E-state index in [1.807, 2.05) is 30.3 Å². The first-order chi connectivity index (χ1) is 11.5. The minimum atomic E-state index is -0.534. The molecule has 0 bridgehead atoms. The topological polar surface area (TPSA) is 88.8 Å². The van der Waals surface area contributed by atoms with E-state index in [4.69, 9.17) is 46.3 Å². The average molecular weight is 385 g/mol. The van der Waals surface area contributed by atoms with E-state index in [0.29, 0.717) is 10.0 Å². The van der Waals surface area contributed by atoms with Gasteiger partial charge in [0.15, 0.2) is 5.96 Å². The van der Waals surface area contributed by atoms with Gasteiger partial charge in [0, 0.05) is 10.0 Å². The highest BCUT2D eigenvalue weighted by molar-refractivity contribution is 6.35. The zero-order chi connectivity index (χ0) is 17.5. The smallest absolute Gasteiger partial charge is 0.222 e. The fourth-order valence-corrected chi connectivity index (χ4v) is 2.58. The van der Waals surface area contributed by atoms with Crippen LogP contribution in [0.15, 0.2) is 58.5 Å². The second kappa shape index (κ2) is 8.78. The molecule has 126 valence electrons. The minimum absolute atomic E-state index is 0.125. The van der Waals surface area contributed by atoms with Crippen molar-refractivity contribution in [3.63, 3.8) is 0 Å². The van der Waals surface area contributed by atoms with E-state index in [1.54, 1.807) is 18.2 Å². The van der Waals surface area contributed by atoms with Crippen LogP contribution in [0.5, 0.6) is 0 Å². The number of alkyl halides is 1. The Hall–Kier alpha value is -1.95. The van der Waals surface area contributed by atoms with Crippen LogP contribution >= 0.6 is 34.8 Å². The van der Waals surface area contributed by atoms with Crippen molar-refractivity contribution in [3.05, 3.63) is 69.7 Å². The molecule has 1 unspecified atom stereocenters. The number of nitrogens with one attached hydrogen (secondary N) is 1. The Bertz CT molecular complexity index is 743.